The van der Waals surface area contributed by atoms with Gasteiger partial charge in [-0.25, -0.2) is 0 Å². The molecule has 3 aromatic rings. The van der Waals surface area contributed by atoms with Crippen LogP contribution in [0.3, 0.4) is 0 Å². The summed E-state index contributed by atoms with van der Waals surface area (Å²) in [6, 6.07) is 11.2. The van der Waals surface area contributed by atoms with E-state index in [4.69, 9.17) is 33.7 Å². The molecule has 1 atom stereocenters. The molecule has 0 aliphatic carbocycles. The average Bonchev–Trinajstić information content (AvgIpc) is 3.17. The first-order valence-electron chi connectivity index (χ1n) is 7.59. The predicted octanol–water partition coefficient (Wildman–Crippen LogP) is 2.38. The minimum atomic E-state index is -1.72. The number of primary amides is 1. The molecule has 0 radical (unpaired) electrons. The van der Waals surface area contributed by atoms with E-state index in [2.05, 4.69) is 20.7 Å². The summed E-state index contributed by atoms with van der Waals surface area (Å²) in [5.74, 6) is -0.114. The Bertz CT molecular complexity index is 980. The first-order valence-corrected chi connectivity index (χ1v) is 8.34. The summed E-state index contributed by atoms with van der Waals surface area (Å²) >= 11 is 12.0. The van der Waals surface area contributed by atoms with Gasteiger partial charge in [-0.05, 0) is 35.9 Å². The summed E-state index contributed by atoms with van der Waals surface area (Å²) in [6.07, 6.45) is 1.73. The number of nitrogens with zero attached hydrogens (tertiary/aromatic N) is 2. The molecular weight excluding hydrogens is 393 g/mol. The van der Waals surface area contributed by atoms with Crippen LogP contribution in [-0.2, 0) is 15.1 Å². The fraction of sp³-hybridized carbons (Fsp3) is 0.0588. The number of aromatic nitrogens is 3. The van der Waals surface area contributed by atoms with Gasteiger partial charge in [-0.2, -0.15) is 0 Å². The van der Waals surface area contributed by atoms with E-state index in [1.807, 2.05) is 0 Å². The number of aromatic amines is 1. The number of hydrogen-bond donors (Lipinski definition) is 3. The first-order chi connectivity index (χ1) is 13.0. The summed E-state index contributed by atoms with van der Waals surface area (Å²) in [5.41, 5.74) is 4.34. The lowest BCUT2D eigenvalue weighted by atomic mass is 9.86. The van der Waals surface area contributed by atoms with E-state index >= 15 is 0 Å². The number of carbonyl (C=O) groups is 2. The lowest BCUT2D eigenvalue weighted by Crippen LogP contribution is -2.53. The maximum atomic E-state index is 12.3. The van der Waals surface area contributed by atoms with Crippen LogP contribution >= 0.6 is 23.2 Å². The number of H-pyrrole nitrogens is 1. The van der Waals surface area contributed by atoms with Crippen LogP contribution in [0.1, 0.15) is 11.3 Å². The molecule has 10 heteroatoms. The van der Waals surface area contributed by atoms with Gasteiger partial charge in [0.2, 0.25) is 6.41 Å². The highest BCUT2D eigenvalue weighted by atomic mass is 35.5. The van der Waals surface area contributed by atoms with Gasteiger partial charge >= 0.3 is 0 Å². The number of hydrogen-bond acceptors (Lipinski definition) is 5. The summed E-state index contributed by atoms with van der Waals surface area (Å²) in [4.78, 5) is 23.5. The monoisotopic (exact) mass is 405 g/mol. The number of halogens is 2. The Balaban J connectivity index is 2.06. The Hall–Kier alpha value is -3.10. The highest BCUT2D eigenvalue weighted by molar-refractivity contribution is 6.35. The number of nitrogens with one attached hydrogen (secondary N) is 2. The third kappa shape index (κ3) is 3.57. The normalized spacial score (nSPS) is 12.8. The van der Waals surface area contributed by atoms with Crippen LogP contribution in [-0.4, -0.2) is 27.7 Å². The van der Waals surface area contributed by atoms with Crippen LogP contribution in [0.4, 0.5) is 0 Å². The van der Waals surface area contributed by atoms with Crippen LogP contribution in [0.25, 0.3) is 0 Å². The molecule has 0 fully saturated rings. The molecule has 0 aliphatic heterocycles. The summed E-state index contributed by atoms with van der Waals surface area (Å²) in [7, 11) is 0. The second-order valence-electron chi connectivity index (χ2n) is 5.44. The fourth-order valence-corrected chi connectivity index (χ4v) is 3.04. The molecule has 1 unspecified atom stereocenters. The van der Waals surface area contributed by atoms with E-state index in [9.17, 15) is 9.59 Å². The van der Waals surface area contributed by atoms with Gasteiger partial charge in [0.15, 0.2) is 5.54 Å². The van der Waals surface area contributed by atoms with E-state index in [1.165, 1.54) is 6.20 Å². The Morgan fingerprint density at radius 3 is 2.70 bits per heavy atom. The van der Waals surface area contributed by atoms with E-state index in [1.54, 1.807) is 42.5 Å². The number of ether oxygens (including phenoxy) is 1. The SMILES string of the molecule is NC(=O)C(NC=O)(c1cccc(Oc2ccc(Cl)cc2Cl)c1)c1c[nH]nn1. The number of rotatable bonds is 7. The summed E-state index contributed by atoms with van der Waals surface area (Å²) < 4.78 is 5.77. The molecule has 2 amide bonds. The maximum Gasteiger partial charge on any atom is 0.254 e. The van der Waals surface area contributed by atoms with E-state index < -0.39 is 11.4 Å². The van der Waals surface area contributed by atoms with Crippen molar-refractivity contribution in [2.45, 2.75) is 5.54 Å². The van der Waals surface area contributed by atoms with Crippen molar-refractivity contribution in [1.82, 2.24) is 20.7 Å². The van der Waals surface area contributed by atoms with Crippen molar-refractivity contribution in [3.05, 3.63) is 70.0 Å². The molecule has 2 aromatic carbocycles. The van der Waals surface area contributed by atoms with Crippen molar-refractivity contribution in [1.29, 1.82) is 0 Å². The Morgan fingerprint density at radius 1 is 1.26 bits per heavy atom. The van der Waals surface area contributed by atoms with Gasteiger partial charge in [0.1, 0.15) is 17.2 Å². The first kappa shape index (κ1) is 18.7. The van der Waals surface area contributed by atoms with Crippen molar-refractivity contribution in [2.24, 2.45) is 5.73 Å². The molecule has 0 bridgehead atoms. The molecule has 0 spiro atoms. The predicted molar refractivity (Wildman–Crippen MR) is 98.5 cm³/mol. The van der Waals surface area contributed by atoms with Gasteiger partial charge in [-0.1, -0.05) is 40.5 Å². The van der Waals surface area contributed by atoms with Gasteiger partial charge < -0.3 is 15.8 Å². The highest BCUT2D eigenvalue weighted by Gasteiger charge is 2.43. The molecule has 1 heterocycles. The van der Waals surface area contributed by atoms with Crippen molar-refractivity contribution in [2.75, 3.05) is 0 Å². The molecule has 0 aliphatic rings. The van der Waals surface area contributed by atoms with Crippen LogP contribution < -0.4 is 15.8 Å². The number of amides is 2. The van der Waals surface area contributed by atoms with Crippen LogP contribution in [0.2, 0.25) is 10.0 Å². The molecule has 0 saturated carbocycles. The number of benzene rings is 2. The molecule has 8 nitrogen and oxygen atoms in total. The lowest BCUT2D eigenvalue weighted by Gasteiger charge is -2.28. The van der Waals surface area contributed by atoms with Gasteiger partial charge in [0.25, 0.3) is 5.91 Å². The standard InChI is InChI=1S/C17H13Cl2N5O3/c18-11-4-5-14(13(19)7-11)27-12-3-1-2-10(6-12)17(16(20)26,21-9-25)15-8-22-24-23-15/h1-9H,(H2,20,26)(H,21,25)(H,22,23,24). The van der Waals surface area contributed by atoms with Gasteiger partial charge in [-0.15, -0.1) is 5.10 Å². The third-order valence-corrected chi connectivity index (χ3v) is 4.37. The zero-order valence-electron chi connectivity index (χ0n) is 13.6. The molecule has 1 aromatic heterocycles. The van der Waals surface area contributed by atoms with Crippen LogP contribution in [0.15, 0.2) is 48.7 Å². The van der Waals surface area contributed by atoms with Crippen LogP contribution in [0, 0.1) is 0 Å². The molecule has 138 valence electrons. The second kappa shape index (κ2) is 7.65. The van der Waals surface area contributed by atoms with Crippen molar-refractivity contribution < 1.29 is 14.3 Å². The number of nitrogens with two attached hydrogens (primary N) is 1. The van der Waals surface area contributed by atoms with Crippen molar-refractivity contribution >= 4 is 35.5 Å². The minimum absolute atomic E-state index is 0.128. The smallest absolute Gasteiger partial charge is 0.254 e. The summed E-state index contributed by atoms with van der Waals surface area (Å²) in [6.45, 7) is 0. The zero-order valence-corrected chi connectivity index (χ0v) is 15.2. The Kier molecular flexibility index (Phi) is 5.29. The molecular formula is C17H13Cl2N5O3. The number of carbonyl (C=O) groups excluding carboxylic acids is 2. The topological polar surface area (TPSA) is 123 Å². The molecule has 3 rings (SSSR count). The summed E-state index contributed by atoms with van der Waals surface area (Å²) in [5, 5.41) is 13.2. The zero-order chi connectivity index (χ0) is 19.4. The minimum Gasteiger partial charge on any atom is -0.456 e. The van der Waals surface area contributed by atoms with Crippen molar-refractivity contribution in [3.63, 3.8) is 0 Å². The average molecular weight is 406 g/mol. The second-order valence-corrected chi connectivity index (χ2v) is 6.28. The van der Waals surface area contributed by atoms with Crippen molar-refractivity contribution in [3.8, 4) is 11.5 Å². The van der Waals surface area contributed by atoms with Gasteiger partial charge in [-0.3, -0.25) is 14.7 Å². The molecule has 4 N–H and O–H groups in total. The Morgan fingerprint density at radius 2 is 2.07 bits per heavy atom. The highest BCUT2D eigenvalue weighted by Crippen LogP contribution is 2.34. The van der Waals surface area contributed by atoms with E-state index in [0.717, 1.165) is 0 Å². The molecule has 0 saturated heterocycles. The molecule has 27 heavy (non-hydrogen) atoms. The maximum absolute atomic E-state index is 12.3. The van der Waals surface area contributed by atoms with E-state index in [-0.39, 0.29) is 5.69 Å². The van der Waals surface area contributed by atoms with Gasteiger partial charge in [0, 0.05) is 11.2 Å². The largest absolute Gasteiger partial charge is 0.456 e. The third-order valence-electron chi connectivity index (χ3n) is 3.83. The fourth-order valence-electron chi connectivity index (χ4n) is 2.60. The van der Waals surface area contributed by atoms with Gasteiger partial charge in [0.05, 0.1) is 5.02 Å². The quantitative estimate of drug-likeness (QED) is 0.520. The van der Waals surface area contributed by atoms with E-state index in [0.29, 0.717) is 33.5 Å². The van der Waals surface area contributed by atoms with Crippen LogP contribution in [0.5, 0.6) is 11.5 Å². The Labute approximate surface area is 163 Å². The lowest BCUT2D eigenvalue weighted by molar-refractivity contribution is -0.126.